The Labute approximate surface area is 218 Å². The highest BCUT2D eigenvalue weighted by Crippen LogP contribution is 2.40. The Morgan fingerprint density at radius 3 is 2.31 bits per heavy atom. The molecule has 2 aromatic carbocycles. The maximum absolute atomic E-state index is 13.4. The van der Waals surface area contributed by atoms with Gasteiger partial charge in [0.1, 0.15) is 11.6 Å². The molecule has 0 spiro atoms. The molecule has 0 radical (unpaired) electrons. The highest BCUT2D eigenvalue weighted by Gasteiger charge is 2.33. The van der Waals surface area contributed by atoms with Crippen molar-refractivity contribution in [2.75, 3.05) is 0 Å². The van der Waals surface area contributed by atoms with Crippen LogP contribution in [0.5, 0.6) is 0 Å². The SMILES string of the molecule is CCCCc1ccc(-c2ccc(C)c3c2CC(CC(CCC)C(CC)C(=O)CC(C)=O)CC3=O)cc1. The van der Waals surface area contributed by atoms with Gasteiger partial charge in [-0.05, 0) is 85.6 Å². The lowest BCUT2D eigenvalue weighted by Crippen LogP contribution is -2.30. The van der Waals surface area contributed by atoms with E-state index in [2.05, 4.69) is 57.2 Å². The summed E-state index contributed by atoms with van der Waals surface area (Å²) in [4.78, 5) is 38.0. The minimum absolute atomic E-state index is 0.0305. The van der Waals surface area contributed by atoms with Crippen LogP contribution in [0.25, 0.3) is 11.1 Å². The molecule has 2 aromatic rings. The standard InChI is InChI=1S/C33H44O3/c1-6-9-11-24-13-15-26(16-14-24)29-17-12-22(4)33-30(29)20-25(21-32(33)36)19-27(10-7-2)28(8-3)31(35)18-23(5)34/h12-17,25,27-28H,6-11,18-21H2,1-5H3. The van der Waals surface area contributed by atoms with Crippen LogP contribution in [0.1, 0.15) is 106 Å². The number of benzene rings is 2. The first-order valence-electron chi connectivity index (χ1n) is 14.1. The molecule has 1 aliphatic rings. The van der Waals surface area contributed by atoms with Gasteiger partial charge in [-0.2, -0.15) is 0 Å². The van der Waals surface area contributed by atoms with Gasteiger partial charge in [0, 0.05) is 17.9 Å². The maximum atomic E-state index is 13.4. The smallest absolute Gasteiger partial charge is 0.163 e. The lowest BCUT2D eigenvalue weighted by molar-refractivity contribution is -0.129. The van der Waals surface area contributed by atoms with E-state index >= 15 is 0 Å². The van der Waals surface area contributed by atoms with Gasteiger partial charge in [-0.25, -0.2) is 0 Å². The number of unbranched alkanes of at least 4 members (excludes halogenated alkanes) is 1. The molecule has 194 valence electrons. The number of aryl methyl sites for hydroxylation is 2. The average Bonchev–Trinajstić information content (AvgIpc) is 2.83. The van der Waals surface area contributed by atoms with E-state index in [1.807, 2.05) is 6.92 Å². The molecular formula is C33H44O3. The fourth-order valence-electron chi connectivity index (χ4n) is 6.24. The van der Waals surface area contributed by atoms with E-state index in [0.29, 0.717) is 6.42 Å². The lowest BCUT2D eigenvalue weighted by Gasteiger charge is -2.32. The molecule has 3 nitrogen and oxygen atoms in total. The monoisotopic (exact) mass is 488 g/mol. The number of fused-ring (bicyclic) bond motifs is 1. The number of carbonyl (C=O) groups excluding carboxylic acids is 3. The highest BCUT2D eigenvalue weighted by atomic mass is 16.1. The maximum Gasteiger partial charge on any atom is 0.163 e. The molecule has 0 fully saturated rings. The van der Waals surface area contributed by atoms with E-state index in [1.165, 1.54) is 42.0 Å². The number of Topliss-reactive ketones (excluding diaryl/α,β-unsaturated/α-hetero) is 3. The minimum atomic E-state index is -0.0991. The molecule has 0 saturated carbocycles. The largest absolute Gasteiger partial charge is 0.300 e. The molecule has 0 amide bonds. The van der Waals surface area contributed by atoms with E-state index in [9.17, 15) is 14.4 Å². The number of ketones is 3. The fraction of sp³-hybridized carbons (Fsp3) is 0.545. The molecule has 3 unspecified atom stereocenters. The van der Waals surface area contributed by atoms with Crippen molar-refractivity contribution in [1.82, 2.24) is 0 Å². The Kier molecular flexibility index (Phi) is 10.2. The van der Waals surface area contributed by atoms with Gasteiger partial charge in [0.2, 0.25) is 0 Å². The van der Waals surface area contributed by atoms with Gasteiger partial charge >= 0.3 is 0 Å². The predicted octanol–water partition coefficient (Wildman–Crippen LogP) is 8.13. The molecule has 3 heteroatoms. The summed E-state index contributed by atoms with van der Waals surface area (Å²) in [5.41, 5.74) is 6.85. The molecule has 0 aromatic heterocycles. The van der Waals surface area contributed by atoms with Gasteiger partial charge in [0.05, 0.1) is 6.42 Å². The molecule has 3 atom stereocenters. The molecule has 0 heterocycles. The molecule has 0 N–H and O–H groups in total. The molecule has 0 aliphatic heterocycles. The summed E-state index contributed by atoms with van der Waals surface area (Å²) in [5, 5.41) is 0. The summed E-state index contributed by atoms with van der Waals surface area (Å²) < 4.78 is 0. The second-order valence-electron chi connectivity index (χ2n) is 10.9. The number of hydrogen-bond donors (Lipinski definition) is 0. The Balaban J connectivity index is 1.89. The number of hydrogen-bond acceptors (Lipinski definition) is 3. The Bertz CT molecular complexity index is 1060. The first-order valence-corrected chi connectivity index (χ1v) is 14.1. The van der Waals surface area contributed by atoms with Gasteiger partial charge in [0.25, 0.3) is 0 Å². The van der Waals surface area contributed by atoms with Crippen LogP contribution in [0.3, 0.4) is 0 Å². The van der Waals surface area contributed by atoms with E-state index in [1.54, 1.807) is 0 Å². The van der Waals surface area contributed by atoms with Crippen molar-refractivity contribution >= 4 is 17.3 Å². The number of rotatable bonds is 13. The van der Waals surface area contributed by atoms with Crippen molar-refractivity contribution in [3.8, 4) is 11.1 Å². The van der Waals surface area contributed by atoms with E-state index < -0.39 is 0 Å². The summed E-state index contributed by atoms with van der Waals surface area (Å²) in [5.74, 6) is 0.598. The zero-order chi connectivity index (χ0) is 26.2. The van der Waals surface area contributed by atoms with Crippen LogP contribution in [0.4, 0.5) is 0 Å². The molecule has 36 heavy (non-hydrogen) atoms. The molecule has 0 saturated heterocycles. The van der Waals surface area contributed by atoms with Crippen molar-refractivity contribution in [2.24, 2.45) is 17.8 Å². The third-order valence-electron chi connectivity index (χ3n) is 7.99. The summed E-state index contributed by atoms with van der Waals surface area (Å²) >= 11 is 0. The number of carbonyl (C=O) groups is 3. The first kappa shape index (κ1) is 28.0. The average molecular weight is 489 g/mol. The molecular weight excluding hydrogens is 444 g/mol. The third kappa shape index (κ3) is 6.81. The highest BCUT2D eigenvalue weighted by molar-refractivity contribution is 6.02. The van der Waals surface area contributed by atoms with Crippen LogP contribution in [-0.4, -0.2) is 17.3 Å². The van der Waals surface area contributed by atoms with E-state index in [-0.39, 0.29) is 41.5 Å². The lowest BCUT2D eigenvalue weighted by atomic mass is 9.71. The molecule has 3 rings (SSSR count). The first-order chi connectivity index (χ1) is 17.3. The van der Waals surface area contributed by atoms with Crippen molar-refractivity contribution in [1.29, 1.82) is 0 Å². The van der Waals surface area contributed by atoms with Crippen molar-refractivity contribution in [2.45, 2.75) is 98.8 Å². The fourth-order valence-corrected chi connectivity index (χ4v) is 6.24. The van der Waals surface area contributed by atoms with Crippen LogP contribution >= 0.6 is 0 Å². The van der Waals surface area contributed by atoms with Crippen LogP contribution in [-0.2, 0) is 22.4 Å². The summed E-state index contributed by atoms with van der Waals surface area (Å²) in [6.45, 7) is 9.96. The van der Waals surface area contributed by atoms with Gasteiger partial charge in [-0.1, -0.05) is 76.4 Å². The van der Waals surface area contributed by atoms with E-state index in [0.717, 1.165) is 49.7 Å². The zero-order valence-corrected chi connectivity index (χ0v) is 23.0. The van der Waals surface area contributed by atoms with Crippen LogP contribution in [0.15, 0.2) is 36.4 Å². The van der Waals surface area contributed by atoms with Crippen molar-refractivity contribution in [3.63, 3.8) is 0 Å². The summed E-state index contributed by atoms with van der Waals surface area (Å²) in [6, 6.07) is 13.1. The third-order valence-corrected chi connectivity index (χ3v) is 7.99. The second kappa shape index (κ2) is 13.1. The molecule has 0 bridgehead atoms. The topological polar surface area (TPSA) is 51.2 Å². The van der Waals surface area contributed by atoms with Gasteiger partial charge in [-0.3, -0.25) is 14.4 Å². The minimum Gasteiger partial charge on any atom is -0.300 e. The van der Waals surface area contributed by atoms with Crippen molar-refractivity contribution in [3.05, 3.63) is 58.7 Å². The van der Waals surface area contributed by atoms with E-state index in [4.69, 9.17) is 0 Å². The molecule has 1 aliphatic carbocycles. The van der Waals surface area contributed by atoms with Crippen LogP contribution in [0, 0.1) is 24.7 Å². The van der Waals surface area contributed by atoms with Gasteiger partial charge in [-0.15, -0.1) is 0 Å². The Morgan fingerprint density at radius 1 is 0.972 bits per heavy atom. The second-order valence-corrected chi connectivity index (χ2v) is 10.9. The van der Waals surface area contributed by atoms with Gasteiger partial charge in [0.15, 0.2) is 5.78 Å². The Hall–Kier alpha value is -2.55. The predicted molar refractivity (Wildman–Crippen MR) is 148 cm³/mol. The van der Waals surface area contributed by atoms with Crippen molar-refractivity contribution < 1.29 is 14.4 Å². The zero-order valence-electron chi connectivity index (χ0n) is 23.0. The summed E-state index contributed by atoms with van der Waals surface area (Å²) in [6.07, 6.45) is 8.51. The Morgan fingerprint density at radius 2 is 1.69 bits per heavy atom. The van der Waals surface area contributed by atoms with Crippen LogP contribution < -0.4 is 0 Å². The van der Waals surface area contributed by atoms with Crippen LogP contribution in [0.2, 0.25) is 0 Å². The normalized spacial score (nSPS) is 16.9. The quantitative estimate of drug-likeness (QED) is 0.267. The summed E-state index contributed by atoms with van der Waals surface area (Å²) in [7, 11) is 0. The van der Waals surface area contributed by atoms with Gasteiger partial charge < -0.3 is 0 Å².